The van der Waals surface area contributed by atoms with E-state index < -0.39 is 8.80 Å². The van der Waals surface area contributed by atoms with Crippen molar-refractivity contribution in [2.45, 2.75) is 20.0 Å². The molecule has 3 heteroatoms. The van der Waals surface area contributed by atoms with Gasteiger partial charge in [-0.1, -0.05) is 25.2 Å². The van der Waals surface area contributed by atoms with Crippen LogP contribution in [-0.2, 0) is 0 Å². The van der Waals surface area contributed by atoms with Gasteiger partial charge in [-0.25, -0.2) is 0 Å². The predicted molar refractivity (Wildman–Crippen MR) is 57.1 cm³/mol. The van der Waals surface area contributed by atoms with Crippen LogP contribution < -0.4 is 16.7 Å². The Labute approximate surface area is 75.2 Å². The van der Waals surface area contributed by atoms with Gasteiger partial charge in [-0.15, -0.1) is 0 Å². The molecule has 1 radical (unpaired) electrons. The molecule has 12 heavy (non-hydrogen) atoms. The summed E-state index contributed by atoms with van der Waals surface area (Å²) in [6.45, 7) is 6.41. The minimum Gasteiger partial charge on any atom is -0.397 e. The maximum Gasteiger partial charge on any atom is 0.0820 e. The second-order valence-corrected chi connectivity index (χ2v) is 5.80. The Balaban J connectivity index is 3.27. The maximum atomic E-state index is 5.88. The fourth-order valence-electron chi connectivity index (χ4n) is 1.18. The Bertz CT molecular complexity index is 295. The van der Waals surface area contributed by atoms with Gasteiger partial charge in [-0.3, -0.25) is 0 Å². The van der Waals surface area contributed by atoms with E-state index in [-0.39, 0.29) is 0 Å². The molecule has 4 N–H and O–H groups in total. The molecule has 0 aliphatic rings. The smallest absolute Gasteiger partial charge is 0.0820 e. The molecule has 2 nitrogen and oxygen atoms in total. The van der Waals surface area contributed by atoms with Crippen LogP contribution in [0.4, 0.5) is 11.4 Å². The van der Waals surface area contributed by atoms with Crippen LogP contribution in [0.2, 0.25) is 13.1 Å². The lowest BCUT2D eigenvalue weighted by Gasteiger charge is -2.11. The van der Waals surface area contributed by atoms with Crippen LogP contribution in [-0.4, -0.2) is 8.80 Å². The fraction of sp³-hybridized carbons (Fsp3) is 0.333. The van der Waals surface area contributed by atoms with Crippen LogP contribution in [0.1, 0.15) is 5.56 Å². The van der Waals surface area contributed by atoms with Gasteiger partial charge in [0, 0.05) is 0 Å². The topological polar surface area (TPSA) is 52.0 Å². The van der Waals surface area contributed by atoms with Crippen molar-refractivity contribution in [3.05, 3.63) is 17.7 Å². The molecular weight excluding hydrogens is 164 g/mol. The number of nitrogens with two attached hydrogens (primary N) is 2. The normalized spacial score (nSPS) is 10.7. The van der Waals surface area contributed by atoms with Gasteiger partial charge in [0.15, 0.2) is 0 Å². The molecule has 65 valence electrons. The van der Waals surface area contributed by atoms with Gasteiger partial charge >= 0.3 is 0 Å². The van der Waals surface area contributed by atoms with Crippen molar-refractivity contribution in [1.29, 1.82) is 0 Å². The van der Waals surface area contributed by atoms with E-state index in [1.165, 1.54) is 5.19 Å². The first kappa shape index (κ1) is 9.13. The molecular formula is C9H15N2Si. The van der Waals surface area contributed by atoms with Crippen molar-refractivity contribution in [3.63, 3.8) is 0 Å². The van der Waals surface area contributed by atoms with E-state index in [9.17, 15) is 0 Å². The Kier molecular flexibility index (Phi) is 2.42. The van der Waals surface area contributed by atoms with Gasteiger partial charge in [-0.05, 0) is 17.7 Å². The lowest BCUT2D eigenvalue weighted by atomic mass is 10.2. The molecule has 0 fully saturated rings. The number of benzene rings is 1. The molecule has 1 aromatic carbocycles. The zero-order valence-electron chi connectivity index (χ0n) is 7.81. The largest absolute Gasteiger partial charge is 0.397 e. The van der Waals surface area contributed by atoms with Gasteiger partial charge in [0.25, 0.3) is 0 Å². The summed E-state index contributed by atoms with van der Waals surface area (Å²) < 4.78 is 0. The highest BCUT2D eigenvalue weighted by Crippen LogP contribution is 2.16. The summed E-state index contributed by atoms with van der Waals surface area (Å²) in [5, 5.41) is 1.24. The maximum absolute atomic E-state index is 5.88. The molecule has 0 unspecified atom stereocenters. The second kappa shape index (κ2) is 3.19. The van der Waals surface area contributed by atoms with Gasteiger partial charge in [0.05, 0.1) is 20.2 Å². The number of nitrogen functional groups attached to an aromatic ring is 2. The Morgan fingerprint density at radius 2 is 1.67 bits per heavy atom. The highest BCUT2D eigenvalue weighted by atomic mass is 28.3. The van der Waals surface area contributed by atoms with Crippen LogP contribution in [0.25, 0.3) is 0 Å². The van der Waals surface area contributed by atoms with Crippen molar-refractivity contribution < 1.29 is 0 Å². The average molecular weight is 179 g/mol. The summed E-state index contributed by atoms with van der Waals surface area (Å²) in [6.07, 6.45) is 0. The Hall–Kier alpha value is -0.963. The molecule has 0 bridgehead atoms. The lowest BCUT2D eigenvalue weighted by Crippen LogP contribution is -2.27. The quantitative estimate of drug-likeness (QED) is 0.501. The fourth-order valence-corrected chi connectivity index (χ4v) is 2.27. The number of anilines is 2. The Morgan fingerprint density at radius 3 is 2.17 bits per heavy atom. The summed E-state index contributed by atoms with van der Waals surface area (Å²) in [6, 6.07) is 4.13. The highest BCUT2D eigenvalue weighted by Gasteiger charge is 2.08. The standard InChI is InChI=1S/C9H15N2Si/c1-6-4-5-7(12(2)3)9(11)8(6)10/h4-5H,10-11H2,1-3H3. The molecule has 0 saturated carbocycles. The first-order valence-electron chi connectivity index (χ1n) is 3.99. The third-order valence-electron chi connectivity index (χ3n) is 2.04. The van der Waals surface area contributed by atoms with E-state index in [2.05, 4.69) is 19.2 Å². The zero-order valence-corrected chi connectivity index (χ0v) is 8.81. The van der Waals surface area contributed by atoms with E-state index >= 15 is 0 Å². The molecule has 0 heterocycles. The van der Waals surface area contributed by atoms with Crippen molar-refractivity contribution in [1.82, 2.24) is 0 Å². The number of rotatable bonds is 1. The molecule has 0 aliphatic carbocycles. The monoisotopic (exact) mass is 179 g/mol. The molecule has 1 rings (SSSR count). The summed E-state index contributed by atoms with van der Waals surface area (Å²) >= 11 is 0. The molecule has 1 aromatic rings. The SMILES string of the molecule is Cc1ccc([Si](C)C)c(N)c1N. The summed E-state index contributed by atoms with van der Waals surface area (Å²) in [4.78, 5) is 0. The number of hydrogen-bond acceptors (Lipinski definition) is 2. The third kappa shape index (κ3) is 1.45. The first-order chi connectivity index (χ1) is 5.54. The Morgan fingerprint density at radius 1 is 1.08 bits per heavy atom. The zero-order chi connectivity index (χ0) is 9.30. The molecule has 0 saturated heterocycles. The summed E-state index contributed by atoms with van der Waals surface area (Å²) in [5.41, 5.74) is 14.3. The van der Waals surface area contributed by atoms with Gasteiger partial charge < -0.3 is 11.5 Å². The van der Waals surface area contributed by atoms with Gasteiger partial charge in [0.1, 0.15) is 0 Å². The van der Waals surface area contributed by atoms with Crippen LogP contribution in [0.3, 0.4) is 0 Å². The summed E-state index contributed by atoms with van der Waals surface area (Å²) in [5.74, 6) is 0. The molecule has 0 atom stereocenters. The van der Waals surface area contributed by atoms with Crippen molar-refractivity contribution >= 4 is 25.4 Å². The molecule has 0 amide bonds. The van der Waals surface area contributed by atoms with Crippen molar-refractivity contribution in [3.8, 4) is 0 Å². The third-order valence-corrected chi connectivity index (χ3v) is 3.56. The van der Waals surface area contributed by atoms with E-state index in [4.69, 9.17) is 11.5 Å². The van der Waals surface area contributed by atoms with E-state index in [1.54, 1.807) is 0 Å². The van der Waals surface area contributed by atoms with Crippen LogP contribution >= 0.6 is 0 Å². The number of aryl methyl sites for hydroxylation is 1. The van der Waals surface area contributed by atoms with Crippen molar-refractivity contribution in [2.75, 3.05) is 11.5 Å². The second-order valence-electron chi connectivity index (χ2n) is 3.26. The number of hydrogen-bond donors (Lipinski definition) is 2. The highest BCUT2D eigenvalue weighted by molar-refractivity contribution is 6.72. The average Bonchev–Trinajstić information content (AvgIpc) is 2.00. The van der Waals surface area contributed by atoms with Crippen LogP contribution in [0.5, 0.6) is 0 Å². The minimum absolute atomic E-state index is 0.486. The molecule has 0 aromatic heterocycles. The van der Waals surface area contributed by atoms with Crippen LogP contribution in [0.15, 0.2) is 12.1 Å². The predicted octanol–water partition coefficient (Wildman–Crippen LogP) is 1.12. The molecule has 0 spiro atoms. The van der Waals surface area contributed by atoms with Crippen LogP contribution in [0, 0.1) is 6.92 Å². The molecule has 0 aliphatic heterocycles. The van der Waals surface area contributed by atoms with E-state index in [1.807, 2.05) is 13.0 Å². The first-order valence-corrected chi connectivity index (χ1v) is 6.49. The van der Waals surface area contributed by atoms with Gasteiger partial charge in [-0.2, -0.15) is 0 Å². The minimum atomic E-state index is -0.486. The summed E-state index contributed by atoms with van der Waals surface area (Å²) in [7, 11) is -0.486. The van der Waals surface area contributed by atoms with Crippen molar-refractivity contribution in [2.24, 2.45) is 0 Å². The van der Waals surface area contributed by atoms with E-state index in [0.29, 0.717) is 0 Å². The van der Waals surface area contributed by atoms with Gasteiger partial charge in [0.2, 0.25) is 0 Å². The lowest BCUT2D eigenvalue weighted by molar-refractivity contribution is 1.48. The van der Waals surface area contributed by atoms with E-state index in [0.717, 1.165) is 16.9 Å².